The number of benzene rings is 6. The summed E-state index contributed by atoms with van der Waals surface area (Å²) in [6, 6.07) is 42.2. The van der Waals surface area contributed by atoms with Crippen LogP contribution in [0.15, 0.2) is 115 Å². The average molecular weight is 418 g/mol. The van der Waals surface area contributed by atoms with E-state index < -0.39 is 0 Å². The van der Waals surface area contributed by atoms with Crippen LogP contribution in [0.5, 0.6) is 0 Å². The fourth-order valence-corrected chi connectivity index (χ4v) is 5.90. The lowest BCUT2D eigenvalue weighted by molar-refractivity contribution is 1.19. The van der Waals surface area contributed by atoms with Crippen LogP contribution in [0, 0.1) is 0 Å². The molecule has 1 heterocycles. The van der Waals surface area contributed by atoms with Crippen molar-refractivity contribution in [2.75, 3.05) is 0 Å². The molecule has 33 heavy (non-hydrogen) atoms. The second-order valence-corrected chi connectivity index (χ2v) is 8.98. The summed E-state index contributed by atoms with van der Waals surface area (Å²) in [5.74, 6) is 0. The van der Waals surface area contributed by atoms with Crippen molar-refractivity contribution in [3.8, 4) is 27.9 Å². The van der Waals surface area contributed by atoms with E-state index in [-0.39, 0.29) is 0 Å². The van der Waals surface area contributed by atoms with E-state index in [1.165, 1.54) is 71.3 Å². The molecule has 0 amide bonds. The Morgan fingerprint density at radius 3 is 1.91 bits per heavy atom. The molecule has 0 bridgehead atoms. The van der Waals surface area contributed by atoms with Crippen LogP contribution in [0.1, 0.15) is 0 Å². The van der Waals surface area contributed by atoms with Crippen LogP contribution in [0.25, 0.3) is 71.3 Å². The summed E-state index contributed by atoms with van der Waals surface area (Å²) < 4.78 is 2.46. The number of para-hydroxylation sites is 1. The molecule has 0 saturated carbocycles. The van der Waals surface area contributed by atoms with Crippen molar-refractivity contribution in [1.82, 2.24) is 4.57 Å². The highest BCUT2D eigenvalue weighted by atomic mass is 15.0. The zero-order valence-electron chi connectivity index (χ0n) is 17.9. The predicted octanol–water partition coefficient (Wildman–Crippen LogP) is 8.74. The van der Waals surface area contributed by atoms with E-state index in [1.54, 1.807) is 0 Å². The van der Waals surface area contributed by atoms with E-state index in [9.17, 15) is 0 Å². The predicted molar refractivity (Wildman–Crippen MR) is 140 cm³/mol. The molecule has 1 aliphatic rings. The highest BCUT2D eigenvalue weighted by molar-refractivity contribution is 6.28. The summed E-state index contributed by atoms with van der Waals surface area (Å²) in [4.78, 5) is 0. The molecule has 0 fully saturated rings. The Bertz CT molecular complexity index is 1910. The lowest BCUT2D eigenvalue weighted by Gasteiger charge is -2.11. The number of hydrogen-bond acceptors (Lipinski definition) is 0. The van der Waals surface area contributed by atoms with Crippen molar-refractivity contribution in [2.24, 2.45) is 0 Å². The van der Waals surface area contributed by atoms with Crippen LogP contribution in [0.2, 0.25) is 0 Å². The first-order valence-electron chi connectivity index (χ1n) is 11.5. The van der Waals surface area contributed by atoms with E-state index in [4.69, 9.17) is 0 Å². The van der Waals surface area contributed by atoms with Crippen molar-refractivity contribution < 1.29 is 0 Å². The summed E-state index contributed by atoms with van der Waals surface area (Å²) in [6.45, 7) is 0. The summed E-state index contributed by atoms with van der Waals surface area (Å²) in [6.07, 6.45) is 0. The van der Waals surface area contributed by atoms with E-state index in [0.717, 1.165) is 0 Å². The topological polar surface area (TPSA) is 4.93 Å². The minimum absolute atomic E-state index is 1.20. The quantitative estimate of drug-likeness (QED) is 0.252. The van der Waals surface area contributed by atoms with Gasteiger partial charge in [0.25, 0.3) is 0 Å². The first-order chi connectivity index (χ1) is 16.4. The van der Waals surface area contributed by atoms with Crippen molar-refractivity contribution in [1.29, 1.82) is 0 Å². The molecule has 0 spiro atoms. The molecule has 0 aliphatic heterocycles. The Morgan fingerprint density at radius 2 is 1.09 bits per heavy atom. The van der Waals surface area contributed by atoms with Gasteiger partial charge < -0.3 is 4.57 Å². The van der Waals surface area contributed by atoms with Crippen molar-refractivity contribution in [2.45, 2.75) is 0 Å². The molecule has 6 aromatic carbocycles. The molecular weight excluding hydrogens is 398 g/mol. The number of aromatic nitrogens is 1. The Kier molecular flexibility index (Phi) is 3.19. The second-order valence-electron chi connectivity index (χ2n) is 8.98. The molecule has 0 N–H and O–H groups in total. The van der Waals surface area contributed by atoms with Gasteiger partial charge in [-0.1, -0.05) is 84.9 Å². The number of rotatable bonds is 1. The van der Waals surface area contributed by atoms with Gasteiger partial charge >= 0.3 is 0 Å². The molecule has 1 nitrogen and oxygen atoms in total. The van der Waals surface area contributed by atoms with E-state index in [2.05, 4.69) is 120 Å². The van der Waals surface area contributed by atoms with Gasteiger partial charge in [0.1, 0.15) is 0 Å². The van der Waals surface area contributed by atoms with Gasteiger partial charge in [-0.3, -0.25) is 0 Å². The monoisotopic (exact) mass is 417 g/mol. The smallest absolute Gasteiger partial charge is 0.0620 e. The van der Waals surface area contributed by atoms with Gasteiger partial charge in [-0.15, -0.1) is 0 Å². The summed E-state index contributed by atoms with van der Waals surface area (Å²) in [7, 11) is 0. The third-order valence-electron chi connectivity index (χ3n) is 7.27. The van der Waals surface area contributed by atoms with Gasteiger partial charge in [0.05, 0.1) is 11.0 Å². The Labute approximate surface area is 191 Å². The van der Waals surface area contributed by atoms with Gasteiger partial charge in [-0.2, -0.15) is 0 Å². The van der Waals surface area contributed by atoms with Gasteiger partial charge in [0.15, 0.2) is 0 Å². The summed E-state index contributed by atoms with van der Waals surface area (Å²) in [5, 5.41) is 7.86. The SMILES string of the molecule is c1ccc(-n2c3cc4ccccc4cc3c3cc4c5c(cccc5c32)-c2ccccc2-4)cc1. The van der Waals surface area contributed by atoms with Crippen LogP contribution in [0.3, 0.4) is 0 Å². The van der Waals surface area contributed by atoms with E-state index in [1.807, 2.05) is 0 Å². The normalized spacial score (nSPS) is 12.2. The third kappa shape index (κ3) is 2.16. The molecule has 152 valence electrons. The van der Waals surface area contributed by atoms with Gasteiger partial charge in [0.2, 0.25) is 0 Å². The molecule has 0 radical (unpaired) electrons. The molecule has 0 saturated heterocycles. The maximum Gasteiger partial charge on any atom is 0.0620 e. The standard InChI is InChI=1S/C32H19N/c1-2-11-22(12-3-1)33-30-18-21-10-5-4-9-20(21)17-27(30)29-19-28-24-14-7-6-13-23(24)25-15-8-16-26(31(25)28)32(29)33/h1-19H. The lowest BCUT2D eigenvalue weighted by atomic mass is 9.98. The lowest BCUT2D eigenvalue weighted by Crippen LogP contribution is -1.94. The van der Waals surface area contributed by atoms with Gasteiger partial charge in [0, 0.05) is 21.8 Å². The van der Waals surface area contributed by atoms with Gasteiger partial charge in [-0.25, -0.2) is 0 Å². The van der Waals surface area contributed by atoms with Gasteiger partial charge in [-0.05, 0) is 68.7 Å². The van der Waals surface area contributed by atoms with Crippen LogP contribution in [0.4, 0.5) is 0 Å². The van der Waals surface area contributed by atoms with Crippen LogP contribution in [-0.4, -0.2) is 4.57 Å². The van der Waals surface area contributed by atoms with E-state index in [0.29, 0.717) is 0 Å². The minimum atomic E-state index is 1.20. The van der Waals surface area contributed by atoms with E-state index >= 15 is 0 Å². The summed E-state index contributed by atoms with van der Waals surface area (Å²) >= 11 is 0. The highest BCUT2D eigenvalue weighted by Gasteiger charge is 2.25. The van der Waals surface area contributed by atoms with Crippen molar-refractivity contribution in [3.05, 3.63) is 115 Å². The molecule has 0 unspecified atom stereocenters. The minimum Gasteiger partial charge on any atom is -0.309 e. The third-order valence-corrected chi connectivity index (χ3v) is 7.27. The zero-order valence-corrected chi connectivity index (χ0v) is 17.9. The number of hydrogen-bond donors (Lipinski definition) is 0. The van der Waals surface area contributed by atoms with Crippen molar-refractivity contribution >= 4 is 43.4 Å². The zero-order chi connectivity index (χ0) is 21.5. The average Bonchev–Trinajstić information content (AvgIpc) is 3.37. The maximum absolute atomic E-state index is 2.46. The van der Waals surface area contributed by atoms with Crippen molar-refractivity contribution in [3.63, 3.8) is 0 Å². The number of fused-ring (bicyclic) bond motifs is 8. The molecule has 8 rings (SSSR count). The Morgan fingerprint density at radius 1 is 0.424 bits per heavy atom. The van der Waals surface area contributed by atoms with Crippen LogP contribution >= 0.6 is 0 Å². The second kappa shape index (κ2) is 6.11. The largest absolute Gasteiger partial charge is 0.309 e. The Hall–Kier alpha value is -4.36. The Balaban J connectivity index is 1.67. The maximum atomic E-state index is 2.46. The molecule has 1 aromatic heterocycles. The van der Waals surface area contributed by atoms with Crippen LogP contribution in [-0.2, 0) is 0 Å². The molecular formula is C32H19N. The molecule has 7 aromatic rings. The summed E-state index contributed by atoms with van der Waals surface area (Å²) in [5.41, 5.74) is 9.12. The molecule has 1 heteroatoms. The molecule has 1 aliphatic carbocycles. The first kappa shape index (κ1) is 17.2. The molecule has 0 atom stereocenters. The van der Waals surface area contributed by atoms with Crippen LogP contribution < -0.4 is 0 Å². The highest BCUT2D eigenvalue weighted by Crippen LogP contribution is 2.51. The first-order valence-corrected chi connectivity index (χ1v) is 11.5. The number of nitrogens with zero attached hydrogens (tertiary/aromatic N) is 1. The fourth-order valence-electron chi connectivity index (χ4n) is 5.90. The fraction of sp³-hybridized carbons (Fsp3) is 0.